The Balaban J connectivity index is 2.35. The predicted molar refractivity (Wildman–Crippen MR) is 49.8 cm³/mol. The van der Waals surface area contributed by atoms with Gasteiger partial charge in [-0.3, -0.25) is 4.90 Å². The molecule has 1 N–H and O–H groups in total. The van der Waals surface area contributed by atoms with Gasteiger partial charge in [-0.25, -0.2) is 9.78 Å². The second kappa shape index (κ2) is 3.01. The topological polar surface area (TPSA) is 58.4 Å². The predicted octanol–water partition coefficient (Wildman–Crippen LogP) is 1.33. The van der Waals surface area contributed by atoms with Crippen molar-refractivity contribution in [1.82, 2.24) is 14.5 Å². The van der Waals surface area contributed by atoms with E-state index in [1.165, 1.54) is 4.90 Å². The molecule has 0 aliphatic carbocycles. The van der Waals surface area contributed by atoms with E-state index in [2.05, 4.69) is 4.98 Å². The smallest absolute Gasteiger partial charge is 0.409 e. The lowest BCUT2D eigenvalue weighted by atomic mass is 10.1. The number of carboxylic acid groups (broad SMARTS) is 1. The van der Waals surface area contributed by atoms with E-state index in [0.29, 0.717) is 6.54 Å². The Labute approximate surface area is 82.0 Å². The van der Waals surface area contributed by atoms with Gasteiger partial charge in [0.15, 0.2) is 0 Å². The van der Waals surface area contributed by atoms with Crippen molar-refractivity contribution in [3.8, 4) is 0 Å². The molecule has 0 aromatic carbocycles. The van der Waals surface area contributed by atoms with Gasteiger partial charge in [0.1, 0.15) is 5.66 Å². The van der Waals surface area contributed by atoms with Gasteiger partial charge in [-0.1, -0.05) is 0 Å². The molecule has 1 atom stereocenters. The van der Waals surface area contributed by atoms with Crippen LogP contribution in [-0.4, -0.2) is 32.2 Å². The van der Waals surface area contributed by atoms with Gasteiger partial charge >= 0.3 is 6.09 Å². The zero-order valence-corrected chi connectivity index (χ0v) is 8.05. The van der Waals surface area contributed by atoms with E-state index >= 15 is 0 Å². The molecule has 1 aliphatic heterocycles. The van der Waals surface area contributed by atoms with Crippen LogP contribution in [0.1, 0.15) is 19.8 Å². The fourth-order valence-electron chi connectivity index (χ4n) is 2.06. The molecule has 0 bridgehead atoms. The first-order chi connectivity index (χ1) is 6.64. The number of imidazole rings is 1. The van der Waals surface area contributed by atoms with Gasteiger partial charge in [-0.05, 0) is 19.8 Å². The highest BCUT2D eigenvalue weighted by molar-refractivity contribution is 5.66. The van der Waals surface area contributed by atoms with Crippen LogP contribution in [0.15, 0.2) is 18.7 Å². The Morgan fingerprint density at radius 1 is 1.64 bits per heavy atom. The van der Waals surface area contributed by atoms with Gasteiger partial charge in [0.05, 0.1) is 6.33 Å². The van der Waals surface area contributed by atoms with E-state index in [-0.39, 0.29) is 0 Å². The van der Waals surface area contributed by atoms with Crippen LogP contribution in [0.5, 0.6) is 0 Å². The van der Waals surface area contributed by atoms with Crippen molar-refractivity contribution in [3.05, 3.63) is 18.7 Å². The summed E-state index contributed by atoms with van der Waals surface area (Å²) in [6, 6.07) is 0. The molecule has 5 heteroatoms. The molecule has 1 aromatic heterocycles. The summed E-state index contributed by atoms with van der Waals surface area (Å²) in [5.74, 6) is 0. The summed E-state index contributed by atoms with van der Waals surface area (Å²) in [7, 11) is 0. The maximum atomic E-state index is 11.0. The highest BCUT2D eigenvalue weighted by Crippen LogP contribution is 2.33. The van der Waals surface area contributed by atoms with Crippen molar-refractivity contribution in [2.24, 2.45) is 0 Å². The van der Waals surface area contributed by atoms with Crippen LogP contribution in [0.3, 0.4) is 0 Å². The molecule has 0 spiro atoms. The van der Waals surface area contributed by atoms with Gasteiger partial charge in [-0.2, -0.15) is 0 Å². The Morgan fingerprint density at radius 3 is 3.00 bits per heavy atom. The molecule has 0 radical (unpaired) electrons. The van der Waals surface area contributed by atoms with E-state index in [1.807, 2.05) is 11.5 Å². The molecule has 2 rings (SSSR count). The summed E-state index contributed by atoms with van der Waals surface area (Å²) in [4.78, 5) is 16.4. The largest absolute Gasteiger partial charge is 0.465 e. The lowest BCUT2D eigenvalue weighted by Gasteiger charge is -2.34. The molecule has 5 nitrogen and oxygen atoms in total. The molecule has 1 unspecified atom stereocenters. The van der Waals surface area contributed by atoms with Gasteiger partial charge in [-0.15, -0.1) is 0 Å². The lowest BCUT2D eigenvalue weighted by molar-refractivity contribution is 0.0703. The van der Waals surface area contributed by atoms with Crippen LogP contribution in [-0.2, 0) is 5.66 Å². The van der Waals surface area contributed by atoms with Crippen LogP contribution < -0.4 is 0 Å². The van der Waals surface area contributed by atoms with Crippen molar-refractivity contribution in [2.45, 2.75) is 25.4 Å². The molecule has 1 amide bonds. The summed E-state index contributed by atoms with van der Waals surface area (Å²) in [6.07, 6.45) is 6.03. The SMILES string of the molecule is CC1(n2ccnc2)CCCN1C(=O)O. The van der Waals surface area contributed by atoms with Gasteiger partial charge < -0.3 is 9.67 Å². The molecule has 1 aromatic rings. The monoisotopic (exact) mass is 195 g/mol. The second-order valence-electron chi connectivity index (χ2n) is 3.72. The van der Waals surface area contributed by atoms with Crippen LogP contribution in [0, 0.1) is 0 Å². The highest BCUT2D eigenvalue weighted by Gasteiger charge is 2.40. The third-order valence-electron chi connectivity index (χ3n) is 2.91. The number of rotatable bonds is 1. The third-order valence-corrected chi connectivity index (χ3v) is 2.91. The van der Waals surface area contributed by atoms with E-state index in [9.17, 15) is 4.79 Å². The van der Waals surface area contributed by atoms with E-state index in [0.717, 1.165) is 12.8 Å². The average Bonchev–Trinajstić information content (AvgIpc) is 2.71. The van der Waals surface area contributed by atoms with Crippen LogP contribution >= 0.6 is 0 Å². The fourth-order valence-corrected chi connectivity index (χ4v) is 2.06. The van der Waals surface area contributed by atoms with Gasteiger partial charge in [0, 0.05) is 18.9 Å². The first-order valence-corrected chi connectivity index (χ1v) is 4.63. The summed E-state index contributed by atoms with van der Waals surface area (Å²) in [6.45, 7) is 2.53. The van der Waals surface area contributed by atoms with Crippen molar-refractivity contribution < 1.29 is 9.90 Å². The number of nitrogens with zero attached hydrogens (tertiary/aromatic N) is 3. The lowest BCUT2D eigenvalue weighted by Crippen LogP contribution is -2.45. The molecule has 76 valence electrons. The highest BCUT2D eigenvalue weighted by atomic mass is 16.4. The molecule has 0 saturated carbocycles. The van der Waals surface area contributed by atoms with Gasteiger partial charge in [0.25, 0.3) is 0 Å². The Hall–Kier alpha value is -1.52. The standard InChI is InChI=1S/C9H13N3O2/c1-9(11-6-4-10-7-11)3-2-5-12(9)8(13)14/h4,6-7H,2-3,5H2,1H3,(H,13,14). The van der Waals surface area contributed by atoms with Crippen LogP contribution in [0.2, 0.25) is 0 Å². The van der Waals surface area contributed by atoms with E-state index in [4.69, 9.17) is 5.11 Å². The summed E-state index contributed by atoms with van der Waals surface area (Å²) in [5, 5.41) is 9.04. The number of likely N-dealkylation sites (tertiary alicyclic amines) is 1. The first-order valence-electron chi connectivity index (χ1n) is 4.63. The minimum atomic E-state index is -0.862. The first kappa shape index (κ1) is 9.05. The normalized spacial score (nSPS) is 26.8. The third kappa shape index (κ3) is 1.16. The maximum absolute atomic E-state index is 11.0. The van der Waals surface area contributed by atoms with E-state index < -0.39 is 11.8 Å². The molecule has 2 heterocycles. The second-order valence-corrected chi connectivity index (χ2v) is 3.72. The fraction of sp³-hybridized carbons (Fsp3) is 0.556. The minimum Gasteiger partial charge on any atom is -0.465 e. The Morgan fingerprint density at radius 2 is 2.43 bits per heavy atom. The average molecular weight is 195 g/mol. The maximum Gasteiger partial charge on any atom is 0.409 e. The quantitative estimate of drug-likeness (QED) is 0.735. The number of carbonyl (C=O) groups is 1. The summed E-state index contributed by atoms with van der Waals surface area (Å²) >= 11 is 0. The number of hydrogen-bond acceptors (Lipinski definition) is 2. The van der Waals surface area contributed by atoms with Crippen molar-refractivity contribution in [3.63, 3.8) is 0 Å². The zero-order valence-electron chi connectivity index (χ0n) is 8.05. The molecule has 1 aliphatic rings. The molecular weight excluding hydrogens is 182 g/mol. The molecular formula is C9H13N3O2. The number of hydrogen-bond donors (Lipinski definition) is 1. The number of amides is 1. The van der Waals surface area contributed by atoms with Crippen molar-refractivity contribution in [1.29, 1.82) is 0 Å². The summed E-state index contributed by atoms with van der Waals surface area (Å²) < 4.78 is 1.86. The van der Waals surface area contributed by atoms with Gasteiger partial charge in [0.2, 0.25) is 0 Å². The molecule has 1 fully saturated rings. The Kier molecular flexibility index (Phi) is 1.94. The van der Waals surface area contributed by atoms with Crippen molar-refractivity contribution >= 4 is 6.09 Å². The van der Waals surface area contributed by atoms with Crippen LogP contribution in [0.4, 0.5) is 4.79 Å². The van der Waals surface area contributed by atoms with Crippen molar-refractivity contribution in [2.75, 3.05) is 6.54 Å². The Bertz CT molecular complexity index is 336. The van der Waals surface area contributed by atoms with Crippen LogP contribution in [0.25, 0.3) is 0 Å². The minimum absolute atomic E-state index is 0.456. The zero-order chi connectivity index (χ0) is 10.2. The number of aromatic nitrogens is 2. The molecule has 1 saturated heterocycles. The van der Waals surface area contributed by atoms with E-state index in [1.54, 1.807) is 18.7 Å². The summed E-state index contributed by atoms with van der Waals surface area (Å²) in [5.41, 5.74) is -0.456. The molecule has 14 heavy (non-hydrogen) atoms.